The first-order chi connectivity index (χ1) is 9.75. The molecule has 20 heavy (non-hydrogen) atoms. The van der Waals surface area contributed by atoms with E-state index in [9.17, 15) is 0 Å². The van der Waals surface area contributed by atoms with Gasteiger partial charge in [-0.1, -0.05) is 48.5 Å². The number of hydrogen-bond acceptors (Lipinski definition) is 2. The van der Waals surface area contributed by atoms with Crippen LogP contribution in [0.1, 0.15) is 5.56 Å². The molecule has 0 saturated heterocycles. The fourth-order valence-electron chi connectivity index (χ4n) is 2.34. The molecular weight excluding hydrogens is 248 g/mol. The highest BCUT2D eigenvalue weighted by Gasteiger charge is 2.04. The Bertz CT molecular complexity index is 776. The van der Waals surface area contributed by atoms with Crippen LogP contribution in [0.3, 0.4) is 0 Å². The molecule has 0 radical (unpaired) electrons. The lowest BCUT2D eigenvalue weighted by atomic mass is 9.97. The number of benzene rings is 3. The SMILES string of the molecule is NC(N)=N/N=C/c1c2ccccc2cc2ccccc12. The Labute approximate surface area is 116 Å². The average molecular weight is 262 g/mol. The molecule has 0 aliphatic rings. The van der Waals surface area contributed by atoms with Gasteiger partial charge in [0.2, 0.25) is 5.96 Å². The first kappa shape index (κ1) is 12.2. The summed E-state index contributed by atoms with van der Waals surface area (Å²) in [5, 5.41) is 12.2. The van der Waals surface area contributed by atoms with Crippen molar-refractivity contribution < 1.29 is 0 Å². The lowest BCUT2D eigenvalue weighted by Gasteiger charge is -2.07. The Balaban J connectivity index is 2.33. The van der Waals surface area contributed by atoms with Gasteiger partial charge < -0.3 is 11.5 Å². The zero-order chi connectivity index (χ0) is 13.9. The second-order valence-electron chi connectivity index (χ2n) is 4.50. The van der Waals surface area contributed by atoms with Crippen molar-refractivity contribution in [3.63, 3.8) is 0 Å². The molecule has 4 N–H and O–H groups in total. The smallest absolute Gasteiger partial charge is 0.211 e. The third kappa shape index (κ3) is 2.19. The van der Waals surface area contributed by atoms with Gasteiger partial charge in [-0.05, 0) is 27.6 Å². The molecule has 0 atom stereocenters. The largest absolute Gasteiger partial charge is 0.369 e. The van der Waals surface area contributed by atoms with Gasteiger partial charge in [0.25, 0.3) is 0 Å². The van der Waals surface area contributed by atoms with Gasteiger partial charge in [0.05, 0.1) is 6.21 Å². The van der Waals surface area contributed by atoms with Crippen molar-refractivity contribution >= 4 is 33.7 Å². The maximum absolute atomic E-state index is 5.30. The van der Waals surface area contributed by atoms with Crippen LogP contribution in [0.2, 0.25) is 0 Å². The van der Waals surface area contributed by atoms with Crippen molar-refractivity contribution in [3.8, 4) is 0 Å². The van der Waals surface area contributed by atoms with Crippen molar-refractivity contribution in [3.05, 3.63) is 60.2 Å². The standard InChI is InChI=1S/C16H14N4/c17-16(18)20-19-10-15-13-7-3-1-5-11(13)9-12-6-2-4-8-14(12)15/h1-10H,(H4,17,18,20)/b19-10+. The maximum Gasteiger partial charge on any atom is 0.211 e. The number of guanidine groups is 1. The number of fused-ring (bicyclic) bond motifs is 2. The van der Waals surface area contributed by atoms with Crippen molar-refractivity contribution in [2.45, 2.75) is 0 Å². The molecule has 0 amide bonds. The minimum Gasteiger partial charge on any atom is -0.369 e. The molecule has 3 aromatic carbocycles. The minimum absolute atomic E-state index is 0.0502. The number of nitrogens with two attached hydrogens (primary N) is 2. The van der Waals surface area contributed by atoms with Crippen LogP contribution in [0, 0.1) is 0 Å². The summed E-state index contributed by atoms with van der Waals surface area (Å²) in [6.07, 6.45) is 1.70. The summed E-state index contributed by atoms with van der Waals surface area (Å²) in [5.74, 6) is -0.0502. The molecule has 3 rings (SSSR count). The molecular formula is C16H14N4. The predicted octanol–water partition coefficient (Wildman–Crippen LogP) is 2.60. The summed E-state index contributed by atoms with van der Waals surface area (Å²) < 4.78 is 0. The zero-order valence-electron chi connectivity index (χ0n) is 10.8. The normalized spacial score (nSPS) is 11.2. The van der Waals surface area contributed by atoms with E-state index in [1.807, 2.05) is 24.3 Å². The summed E-state index contributed by atoms with van der Waals surface area (Å²) in [4.78, 5) is 0. The van der Waals surface area contributed by atoms with Crippen molar-refractivity contribution in [2.75, 3.05) is 0 Å². The van der Waals surface area contributed by atoms with Gasteiger partial charge in [0.1, 0.15) is 0 Å². The Kier molecular flexibility index (Phi) is 3.05. The van der Waals surface area contributed by atoms with Crippen LogP contribution in [0.15, 0.2) is 64.8 Å². The van der Waals surface area contributed by atoms with E-state index in [1.165, 1.54) is 0 Å². The van der Waals surface area contributed by atoms with Crippen LogP contribution >= 0.6 is 0 Å². The molecule has 0 unspecified atom stereocenters. The Hall–Kier alpha value is -2.88. The van der Waals surface area contributed by atoms with E-state index >= 15 is 0 Å². The summed E-state index contributed by atoms with van der Waals surface area (Å²) in [7, 11) is 0. The van der Waals surface area contributed by atoms with Gasteiger partial charge in [-0.2, -0.15) is 5.10 Å². The van der Waals surface area contributed by atoms with Crippen LogP contribution in [-0.2, 0) is 0 Å². The van der Waals surface area contributed by atoms with Gasteiger partial charge in [-0.25, -0.2) is 0 Å². The molecule has 4 heteroatoms. The van der Waals surface area contributed by atoms with Crippen LogP contribution in [0.4, 0.5) is 0 Å². The fraction of sp³-hybridized carbons (Fsp3) is 0. The third-order valence-corrected chi connectivity index (χ3v) is 3.17. The highest BCUT2D eigenvalue weighted by molar-refractivity contribution is 6.13. The van der Waals surface area contributed by atoms with Crippen LogP contribution < -0.4 is 11.5 Å². The molecule has 3 aromatic rings. The van der Waals surface area contributed by atoms with Crippen LogP contribution in [0.25, 0.3) is 21.5 Å². The van der Waals surface area contributed by atoms with Crippen molar-refractivity contribution in [1.29, 1.82) is 0 Å². The second kappa shape index (κ2) is 5.01. The second-order valence-corrected chi connectivity index (χ2v) is 4.50. The molecule has 4 nitrogen and oxygen atoms in total. The van der Waals surface area contributed by atoms with Gasteiger partial charge in [0.15, 0.2) is 0 Å². The first-order valence-corrected chi connectivity index (χ1v) is 6.28. The molecule has 0 spiro atoms. The molecule has 0 fully saturated rings. The van der Waals surface area contributed by atoms with Crippen molar-refractivity contribution in [2.24, 2.45) is 21.7 Å². The minimum atomic E-state index is -0.0502. The van der Waals surface area contributed by atoms with Gasteiger partial charge >= 0.3 is 0 Å². The Morgan fingerprint density at radius 2 is 1.40 bits per heavy atom. The maximum atomic E-state index is 5.30. The molecule has 0 saturated carbocycles. The summed E-state index contributed by atoms with van der Waals surface area (Å²) >= 11 is 0. The molecule has 98 valence electrons. The third-order valence-electron chi connectivity index (χ3n) is 3.17. The quantitative estimate of drug-likeness (QED) is 0.322. The van der Waals surface area contributed by atoms with E-state index in [-0.39, 0.29) is 5.96 Å². The van der Waals surface area contributed by atoms with Gasteiger partial charge in [-0.15, -0.1) is 5.10 Å². The van der Waals surface area contributed by atoms with Gasteiger partial charge in [-0.3, -0.25) is 0 Å². The van der Waals surface area contributed by atoms with Crippen LogP contribution in [0.5, 0.6) is 0 Å². The topological polar surface area (TPSA) is 76.8 Å². The zero-order valence-corrected chi connectivity index (χ0v) is 10.8. The predicted molar refractivity (Wildman–Crippen MR) is 84.9 cm³/mol. The molecule has 0 bridgehead atoms. The van der Waals surface area contributed by atoms with Crippen LogP contribution in [-0.4, -0.2) is 12.2 Å². The lowest BCUT2D eigenvalue weighted by molar-refractivity contribution is 1.22. The molecule has 0 aromatic heterocycles. The lowest BCUT2D eigenvalue weighted by Crippen LogP contribution is -2.21. The average Bonchev–Trinajstić information content (AvgIpc) is 2.46. The van der Waals surface area contributed by atoms with E-state index < -0.39 is 0 Å². The van der Waals surface area contributed by atoms with Crippen molar-refractivity contribution in [1.82, 2.24) is 0 Å². The van der Waals surface area contributed by atoms with Gasteiger partial charge in [0, 0.05) is 5.56 Å². The summed E-state index contributed by atoms with van der Waals surface area (Å²) in [6, 6.07) is 18.5. The molecule has 0 aliphatic heterocycles. The number of nitrogens with zero attached hydrogens (tertiary/aromatic N) is 2. The number of hydrogen-bond donors (Lipinski definition) is 2. The Morgan fingerprint density at radius 1 is 0.850 bits per heavy atom. The number of rotatable bonds is 2. The fourth-order valence-corrected chi connectivity index (χ4v) is 2.34. The first-order valence-electron chi connectivity index (χ1n) is 6.28. The highest BCUT2D eigenvalue weighted by atomic mass is 15.3. The van der Waals surface area contributed by atoms with E-state index in [1.54, 1.807) is 6.21 Å². The highest BCUT2D eigenvalue weighted by Crippen LogP contribution is 2.27. The summed E-state index contributed by atoms with van der Waals surface area (Å²) in [6.45, 7) is 0. The molecule has 0 heterocycles. The van der Waals surface area contributed by atoms with E-state index in [4.69, 9.17) is 11.5 Å². The monoisotopic (exact) mass is 262 g/mol. The summed E-state index contributed by atoms with van der Waals surface area (Å²) in [5.41, 5.74) is 11.6. The van der Waals surface area contributed by atoms with E-state index in [0.717, 1.165) is 27.1 Å². The van der Waals surface area contributed by atoms with E-state index in [2.05, 4.69) is 40.5 Å². The molecule has 0 aliphatic carbocycles. The van der Waals surface area contributed by atoms with E-state index in [0.29, 0.717) is 0 Å². The Morgan fingerprint density at radius 3 is 1.95 bits per heavy atom.